The first-order valence-electron chi connectivity index (χ1n) is 8.63. The number of nitrogens with zero attached hydrogens (tertiary/aromatic N) is 1. The van der Waals surface area contributed by atoms with Crippen LogP contribution in [0.5, 0.6) is 11.5 Å². The first kappa shape index (κ1) is 20.7. The normalized spacial score (nSPS) is 11.4. The molecule has 0 radical (unpaired) electrons. The van der Waals surface area contributed by atoms with E-state index < -0.39 is 10.0 Å². The van der Waals surface area contributed by atoms with Crippen molar-refractivity contribution in [2.24, 2.45) is 5.10 Å². The number of hydrogen-bond donors (Lipinski definition) is 1. The third kappa shape index (κ3) is 5.73. The molecule has 0 aliphatic carbocycles. The summed E-state index contributed by atoms with van der Waals surface area (Å²) < 4.78 is 35.5. The van der Waals surface area contributed by atoms with Crippen LogP contribution in [-0.4, -0.2) is 21.7 Å². The van der Waals surface area contributed by atoms with Crippen LogP contribution in [0.25, 0.3) is 0 Å². The van der Waals surface area contributed by atoms with Gasteiger partial charge in [0.15, 0.2) is 11.5 Å². The molecule has 0 saturated heterocycles. The zero-order valence-electron chi connectivity index (χ0n) is 15.6. The Labute approximate surface area is 174 Å². The van der Waals surface area contributed by atoms with Gasteiger partial charge in [0.2, 0.25) is 0 Å². The summed E-state index contributed by atoms with van der Waals surface area (Å²) in [4.78, 5) is 2.33. The van der Waals surface area contributed by atoms with Crippen molar-refractivity contribution >= 4 is 27.8 Å². The molecule has 6 nitrogen and oxygen atoms in total. The van der Waals surface area contributed by atoms with Gasteiger partial charge in [-0.3, -0.25) is 0 Å². The van der Waals surface area contributed by atoms with Crippen LogP contribution in [0.4, 0.5) is 0 Å². The lowest BCUT2D eigenvalue weighted by Crippen LogP contribution is -2.18. The maximum Gasteiger partial charge on any atom is 0.276 e. The molecule has 0 heterocycles. The molecule has 3 aromatic rings. The van der Waals surface area contributed by atoms with Crippen molar-refractivity contribution in [2.75, 3.05) is 7.11 Å². The fourth-order valence-electron chi connectivity index (χ4n) is 2.45. The van der Waals surface area contributed by atoms with Gasteiger partial charge in [-0.05, 0) is 53.6 Å². The van der Waals surface area contributed by atoms with E-state index >= 15 is 0 Å². The van der Waals surface area contributed by atoms with E-state index in [1.54, 1.807) is 48.5 Å². The van der Waals surface area contributed by atoms with E-state index in [1.807, 2.05) is 12.1 Å². The van der Waals surface area contributed by atoms with Gasteiger partial charge in [-0.15, -0.1) is 0 Å². The average molecular weight is 431 g/mol. The number of ether oxygens (including phenoxy) is 2. The SMILES string of the molecule is COc1cc(/C=N\NS(=O)(=O)c2ccccc2)ccc1OCc1ccc(Cl)cc1. The summed E-state index contributed by atoms with van der Waals surface area (Å²) in [6.45, 7) is 0.359. The zero-order chi connectivity index (χ0) is 20.7. The highest BCUT2D eigenvalue weighted by Gasteiger charge is 2.11. The average Bonchev–Trinajstić information content (AvgIpc) is 2.74. The van der Waals surface area contributed by atoms with E-state index in [4.69, 9.17) is 21.1 Å². The molecule has 0 bridgehead atoms. The van der Waals surface area contributed by atoms with Crippen molar-refractivity contribution in [3.8, 4) is 11.5 Å². The molecule has 0 fully saturated rings. The van der Waals surface area contributed by atoms with E-state index in [2.05, 4.69) is 9.93 Å². The van der Waals surface area contributed by atoms with Crippen molar-refractivity contribution in [3.05, 3.63) is 88.9 Å². The topological polar surface area (TPSA) is 77.0 Å². The Morgan fingerprint density at radius 2 is 1.72 bits per heavy atom. The summed E-state index contributed by atoms with van der Waals surface area (Å²) in [6.07, 6.45) is 1.39. The third-order valence-corrected chi connectivity index (χ3v) is 5.43. The number of benzene rings is 3. The van der Waals surface area contributed by atoms with Gasteiger partial charge in [-0.2, -0.15) is 13.5 Å². The molecular weight excluding hydrogens is 412 g/mol. The second kappa shape index (κ2) is 9.45. The minimum Gasteiger partial charge on any atom is -0.493 e. The summed E-state index contributed by atoms with van der Waals surface area (Å²) in [7, 11) is -2.18. The molecule has 0 aromatic heterocycles. The monoisotopic (exact) mass is 430 g/mol. The van der Waals surface area contributed by atoms with Crippen LogP contribution < -0.4 is 14.3 Å². The first-order chi connectivity index (χ1) is 14.0. The van der Waals surface area contributed by atoms with Crippen LogP contribution in [0, 0.1) is 0 Å². The Kier molecular flexibility index (Phi) is 6.74. The zero-order valence-corrected chi connectivity index (χ0v) is 17.2. The van der Waals surface area contributed by atoms with Gasteiger partial charge in [0.1, 0.15) is 6.61 Å². The van der Waals surface area contributed by atoms with Crippen molar-refractivity contribution in [1.29, 1.82) is 0 Å². The minimum atomic E-state index is -3.71. The van der Waals surface area contributed by atoms with Crippen molar-refractivity contribution < 1.29 is 17.9 Å². The summed E-state index contributed by atoms with van der Waals surface area (Å²) in [5, 5.41) is 4.49. The lowest BCUT2D eigenvalue weighted by Gasteiger charge is -2.11. The maximum absolute atomic E-state index is 12.2. The second-order valence-electron chi connectivity index (χ2n) is 5.99. The summed E-state index contributed by atoms with van der Waals surface area (Å²) in [6, 6.07) is 20.6. The largest absolute Gasteiger partial charge is 0.493 e. The lowest BCUT2D eigenvalue weighted by atomic mass is 10.2. The highest BCUT2D eigenvalue weighted by atomic mass is 35.5. The van der Waals surface area contributed by atoms with Gasteiger partial charge in [0, 0.05) is 5.02 Å². The van der Waals surface area contributed by atoms with Crippen LogP contribution in [0.3, 0.4) is 0 Å². The van der Waals surface area contributed by atoms with Crippen molar-refractivity contribution in [2.45, 2.75) is 11.5 Å². The van der Waals surface area contributed by atoms with Crippen LogP contribution in [0.15, 0.2) is 82.8 Å². The van der Waals surface area contributed by atoms with Gasteiger partial charge in [-0.1, -0.05) is 41.9 Å². The molecule has 0 amide bonds. The van der Waals surface area contributed by atoms with Gasteiger partial charge in [0.25, 0.3) is 10.0 Å². The predicted octanol–water partition coefficient (Wildman–Crippen LogP) is 4.24. The van der Waals surface area contributed by atoms with Gasteiger partial charge < -0.3 is 9.47 Å². The number of halogens is 1. The molecule has 0 aliphatic rings. The molecule has 3 rings (SSSR count). The molecule has 150 valence electrons. The van der Waals surface area contributed by atoms with Crippen LogP contribution in [0.2, 0.25) is 5.02 Å². The molecule has 8 heteroatoms. The predicted molar refractivity (Wildman–Crippen MR) is 113 cm³/mol. The molecule has 0 aliphatic heterocycles. The number of hydrogen-bond acceptors (Lipinski definition) is 5. The summed E-state index contributed by atoms with van der Waals surface area (Å²) >= 11 is 5.88. The summed E-state index contributed by atoms with van der Waals surface area (Å²) in [5.74, 6) is 1.07. The Balaban J connectivity index is 1.66. The highest BCUT2D eigenvalue weighted by molar-refractivity contribution is 7.89. The quantitative estimate of drug-likeness (QED) is 0.428. The number of methoxy groups -OCH3 is 1. The number of nitrogens with one attached hydrogen (secondary N) is 1. The first-order valence-corrected chi connectivity index (χ1v) is 10.5. The summed E-state index contributed by atoms with van der Waals surface area (Å²) in [5.41, 5.74) is 1.62. The molecule has 0 atom stereocenters. The van der Waals surface area contributed by atoms with E-state index in [0.717, 1.165) is 5.56 Å². The Morgan fingerprint density at radius 1 is 1.00 bits per heavy atom. The molecule has 0 saturated carbocycles. The van der Waals surface area contributed by atoms with Gasteiger partial charge in [-0.25, -0.2) is 4.83 Å². The Hall–Kier alpha value is -3.03. The fourth-order valence-corrected chi connectivity index (χ4v) is 3.39. The third-order valence-electron chi connectivity index (χ3n) is 3.94. The lowest BCUT2D eigenvalue weighted by molar-refractivity contribution is 0.284. The molecule has 0 unspecified atom stereocenters. The molecule has 0 spiro atoms. The van der Waals surface area contributed by atoms with E-state index in [0.29, 0.717) is 28.7 Å². The Bertz CT molecular complexity index is 1090. The van der Waals surface area contributed by atoms with E-state index in [1.165, 1.54) is 25.5 Å². The standard InChI is InChI=1S/C21H19ClN2O4S/c1-27-21-13-17(14-23-24-29(25,26)19-5-3-2-4-6-19)9-12-20(21)28-15-16-7-10-18(22)11-8-16/h2-14,24H,15H2,1H3/b23-14-. The second-order valence-corrected chi connectivity index (χ2v) is 8.09. The van der Waals surface area contributed by atoms with Crippen molar-refractivity contribution in [3.63, 3.8) is 0 Å². The number of sulfonamides is 1. The maximum atomic E-state index is 12.2. The Morgan fingerprint density at radius 3 is 2.41 bits per heavy atom. The van der Waals surface area contributed by atoms with Crippen LogP contribution in [-0.2, 0) is 16.6 Å². The molecule has 1 N–H and O–H groups in total. The van der Waals surface area contributed by atoms with Gasteiger partial charge >= 0.3 is 0 Å². The van der Waals surface area contributed by atoms with Crippen LogP contribution in [0.1, 0.15) is 11.1 Å². The number of hydrazone groups is 1. The molecule has 3 aromatic carbocycles. The van der Waals surface area contributed by atoms with Crippen molar-refractivity contribution in [1.82, 2.24) is 4.83 Å². The number of rotatable bonds is 8. The van der Waals surface area contributed by atoms with E-state index in [-0.39, 0.29) is 4.90 Å². The van der Waals surface area contributed by atoms with Crippen LogP contribution >= 0.6 is 11.6 Å². The smallest absolute Gasteiger partial charge is 0.276 e. The fraction of sp³-hybridized carbons (Fsp3) is 0.0952. The minimum absolute atomic E-state index is 0.140. The molecule has 29 heavy (non-hydrogen) atoms. The van der Waals surface area contributed by atoms with Gasteiger partial charge in [0.05, 0.1) is 18.2 Å². The van der Waals surface area contributed by atoms with E-state index in [9.17, 15) is 8.42 Å². The molecular formula is C21H19ClN2O4S. The highest BCUT2D eigenvalue weighted by Crippen LogP contribution is 2.28.